The highest BCUT2D eigenvalue weighted by atomic mass is 16.5. The van der Waals surface area contributed by atoms with E-state index in [9.17, 15) is 9.59 Å². The molecule has 0 saturated heterocycles. The fraction of sp³-hybridized carbons (Fsp3) is 0.273. The Hall–Kier alpha value is -2.08. The van der Waals surface area contributed by atoms with Crippen molar-refractivity contribution < 1.29 is 19.4 Å². The van der Waals surface area contributed by atoms with Crippen LogP contribution in [0.5, 0.6) is 0 Å². The summed E-state index contributed by atoms with van der Waals surface area (Å²) in [7, 11) is 0. The Morgan fingerprint density at radius 2 is 2.00 bits per heavy atom. The van der Waals surface area contributed by atoms with E-state index in [1.165, 1.54) is 0 Å². The Labute approximate surface area is 98.4 Å². The average molecular weight is 238 g/mol. The largest absolute Gasteiger partial charge is 0.445 e. The third-order valence-electron chi connectivity index (χ3n) is 2.03. The van der Waals surface area contributed by atoms with Gasteiger partial charge in [0.25, 0.3) is 0 Å². The van der Waals surface area contributed by atoms with Gasteiger partial charge in [0.2, 0.25) is 5.91 Å². The number of primary amides is 1. The SMILES string of the molecule is NC(=O)[C@@H](CO)NC(=O)OCc1ccccc1. The number of hydrogen-bond donors (Lipinski definition) is 3. The molecule has 6 nitrogen and oxygen atoms in total. The van der Waals surface area contributed by atoms with Gasteiger partial charge in [0, 0.05) is 0 Å². The third-order valence-corrected chi connectivity index (χ3v) is 2.03. The quantitative estimate of drug-likeness (QED) is 0.658. The summed E-state index contributed by atoms with van der Waals surface area (Å²) in [4.78, 5) is 22.0. The molecule has 6 heteroatoms. The first-order valence-corrected chi connectivity index (χ1v) is 5.01. The third kappa shape index (κ3) is 4.52. The monoisotopic (exact) mass is 238 g/mol. The van der Waals surface area contributed by atoms with E-state index in [2.05, 4.69) is 5.32 Å². The Bertz CT molecular complexity index is 380. The van der Waals surface area contributed by atoms with Crippen LogP contribution in [0.1, 0.15) is 5.56 Å². The molecule has 0 aromatic heterocycles. The Balaban J connectivity index is 2.37. The second-order valence-electron chi connectivity index (χ2n) is 3.34. The minimum atomic E-state index is -1.13. The van der Waals surface area contributed by atoms with Crippen LogP contribution in [0.2, 0.25) is 0 Å². The van der Waals surface area contributed by atoms with Gasteiger partial charge < -0.3 is 20.9 Å². The number of nitrogens with one attached hydrogen (secondary N) is 1. The summed E-state index contributed by atoms with van der Waals surface area (Å²) in [6.45, 7) is -0.473. The van der Waals surface area contributed by atoms with Gasteiger partial charge in [-0.05, 0) is 5.56 Å². The lowest BCUT2D eigenvalue weighted by molar-refractivity contribution is -0.120. The summed E-state index contributed by atoms with van der Waals surface area (Å²) in [5.74, 6) is -0.816. The molecule has 0 unspecified atom stereocenters. The molecule has 0 spiro atoms. The van der Waals surface area contributed by atoms with E-state index in [0.29, 0.717) is 0 Å². The minimum absolute atomic E-state index is 0.0869. The molecule has 0 bridgehead atoms. The van der Waals surface area contributed by atoms with Gasteiger partial charge in [-0.3, -0.25) is 4.79 Å². The van der Waals surface area contributed by atoms with Gasteiger partial charge in [-0.1, -0.05) is 30.3 Å². The smallest absolute Gasteiger partial charge is 0.408 e. The van der Waals surface area contributed by atoms with E-state index in [4.69, 9.17) is 15.6 Å². The van der Waals surface area contributed by atoms with Crippen molar-refractivity contribution in [1.82, 2.24) is 5.32 Å². The number of ether oxygens (including phenoxy) is 1. The first-order valence-electron chi connectivity index (χ1n) is 5.01. The van der Waals surface area contributed by atoms with Crippen LogP contribution in [0.4, 0.5) is 4.79 Å². The molecule has 0 aliphatic heterocycles. The van der Waals surface area contributed by atoms with Crippen LogP contribution < -0.4 is 11.1 Å². The molecule has 17 heavy (non-hydrogen) atoms. The predicted octanol–water partition coefficient (Wildman–Crippen LogP) is -0.241. The Kier molecular flexibility index (Phi) is 4.96. The molecule has 1 aromatic rings. The summed E-state index contributed by atoms with van der Waals surface area (Å²) in [6, 6.07) is 7.94. The highest BCUT2D eigenvalue weighted by Gasteiger charge is 2.17. The van der Waals surface area contributed by atoms with Crippen molar-refractivity contribution in [2.75, 3.05) is 6.61 Å². The number of rotatable bonds is 5. The van der Waals surface area contributed by atoms with Gasteiger partial charge in [0.05, 0.1) is 6.61 Å². The van der Waals surface area contributed by atoms with Gasteiger partial charge in [-0.25, -0.2) is 4.79 Å². The lowest BCUT2D eigenvalue weighted by atomic mass is 10.2. The van der Waals surface area contributed by atoms with Crippen molar-refractivity contribution in [3.63, 3.8) is 0 Å². The maximum absolute atomic E-state index is 11.2. The van der Waals surface area contributed by atoms with Crippen molar-refractivity contribution >= 4 is 12.0 Å². The zero-order chi connectivity index (χ0) is 12.7. The maximum atomic E-state index is 11.2. The van der Waals surface area contributed by atoms with Gasteiger partial charge in [0.15, 0.2) is 0 Å². The average Bonchev–Trinajstić information content (AvgIpc) is 2.34. The molecule has 0 aliphatic carbocycles. The fourth-order valence-electron chi connectivity index (χ4n) is 1.11. The van der Waals surface area contributed by atoms with Gasteiger partial charge in [-0.2, -0.15) is 0 Å². The van der Waals surface area contributed by atoms with Gasteiger partial charge >= 0.3 is 6.09 Å². The number of carbonyl (C=O) groups is 2. The standard InChI is InChI=1S/C11H14N2O4/c12-10(15)9(6-14)13-11(16)17-7-8-4-2-1-3-5-8/h1-5,9,14H,6-7H2,(H2,12,15)(H,13,16)/t9-/m1/s1. The van der Waals surface area contributed by atoms with Crippen molar-refractivity contribution in [2.24, 2.45) is 5.73 Å². The summed E-state index contributed by atoms with van der Waals surface area (Å²) < 4.78 is 4.84. The zero-order valence-corrected chi connectivity index (χ0v) is 9.13. The number of hydrogen-bond acceptors (Lipinski definition) is 4. The molecule has 0 aliphatic rings. The number of benzene rings is 1. The molecule has 1 rings (SSSR count). The van der Waals surface area contributed by atoms with Crippen LogP contribution in [0.25, 0.3) is 0 Å². The molecule has 1 aromatic carbocycles. The first-order chi connectivity index (χ1) is 8.13. The van der Waals surface area contributed by atoms with E-state index >= 15 is 0 Å². The molecular weight excluding hydrogens is 224 g/mol. The molecule has 0 saturated carbocycles. The molecule has 0 radical (unpaired) electrons. The van der Waals surface area contributed by atoms with Crippen LogP contribution in [0, 0.1) is 0 Å². The van der Waals surface area contributed by atoms with E-state index < -0.39 is 24.6 Å². The maximum Gasteiger partial charge on any atom is 0.408 e. The van der Waals surface area contributed by atoms with Crippen molar-refractivity contribution in [3.8, 4) is 0 Å². The fourth-order valence-corrected chi connectivity index (χ4v) is 1.11. The van der Waals surface area contributed by atoms with Crippen molar-refractivity contribution in [1.29, 1.82) is 0 Å². The van der Waals surface area contributed by atoms with Gasteiger partial charge in [0.1, 0.15) is 12.6 Å². The van der Waals surface area contributed by atoms with Crippen LogP contribution in [-0.4, -0.2) is 29.8 Å². The second kappa shape index (κ2) is 6.49. The molecule has 0 heterocycles. The summed E-state index contributed by atoms with van der Waals surface area (Å²) in [5, 5.41) is 10.9. The first kappa shape index (κ1) is 13.0. The number of amides is 2. The number of alkyl carbamates (subject to hydrolysis) is 1. The number of aliphatic hydroxyl groups excluding tert-OH is 1. The second-order valence-corrected chi connectivity index (χ2v) is 3.34. The molecule has 2 amide bonds. The Morgan fingerprint density at radius 1 is 1.35 bits per heavy atom. The molecule has 92 valence electrons. The highest BCUT2D eigenvalue weighted by molar-refractivity contribution is 5.84. The summed E-state index contributed by atoms with van der Waals surface area (Å²) in [6.07, 6.45) is -0.799. The predicted molar refractivity (Wildman–Crippen MR) is 59.8 cm³/mol. The van der Waals surface area contributed by atoms with Crippen molar-refractivity contribution in [2.45, 2.75) is 12.6 Å². The summed E-state index contributed by atoms with van der Waals surface area (Å²) in [5.41, 5.74) is 5.76. The van der Waals surface area contributed by atoms with E-state index in [0.717, 1.165) is 5.56 Å². The highest BCUT2D eigenvalue weighted by Crippen LogP contribution is 2.00. The van der Waals surface area contributed by atoms with Crippen LogP contribution in [-0.2, 0) is 16.1 Å². The van der Waals surface area contributed by atoms with Crippen molar-refractivity contribution in [3.05, 3.63) is 35.9 Å². The molecule has 0 fully saturated rings. The lowest BCUT2D eigenvalue weighted by Crippen LogP contribution is -2.46. The normalized spacial score (nSPS) is 11.6. The van der Waals surface area contributed by atoms with Crippen LogP contribution >= 0.6 is 0 Å². The topological polar surface area (TPSA) is 102 Å². The summed E-state index contributed by atoms with van der Waals surface area (Å²) >= 11 is 0. The minimum Gasteiger partial charge on any atom is -0.445 e. The van der Waals surface area contributed by atoms with E-state index in [1.807, 2.05) is 18.2 Å². The molecular formula is C11H14N2O4. The number of carbonyl (C=O) groups excluding carboxylic acids is 2. The Morgan fingerprint density at radius 3 is 2.53 bits per heavy atom. The number of nitrogens with two attached hydrogens (primary N) is 1. The van der Waals surface area contributed by atoms with Gasteiger partial charge in [-0.15, -0.1) is 0 Å². The molecule has 1 atom stereocenters. The molecule has 4 N–H and O–H groups in total. The lowest BCUT2D eigenvalue weighted by Gasteiger charge is -2.12. The van der Waals surface area contributed by atoms with E-state index in [-0.39, 0.29) is 6.61 Å². The van der Waals surface area contributed by atoms with Crippen LogP contribution in [0.15, 0.2) is 30.3 Å². The zero-order valence-electron chi connectivity index (χ0n) is 9.13. The van der Waals surface area contributed by atoms with E-state index in [1.54, 1.807) is 12.1 Å². The van der Waals surface area contributed by atoms with Crippen LogP contribution in [0.3, 0.4) is 0 Å². The number of aliphatic hydroxyl groups is 1.